The molecule has 19 heavy (non-hydrogen) atoms. The Morgan fingerprint density at radius 1 is 1.00 bits per heavy atom. The number of hydrogen-bond donors (Lipinski definition) is 1. The molecule has 1 atom stereocenters. The maximum absolute atomic E-state index is 10.6. The molecular weight excluding hydrogens is 551 g/mol. The molecule has 100 valence electrons. The van der Waals surface area contributed by atoms with Gasteiger partial charge in [0, 0.05) is 22.6 Å². The van der Waals surface area contributed by atoms with Crippen molar-refractivity contribution in [3.8, 4) is 0 Å². The van der Waals surface area contributed by atoms with Crippen molar-refractivity contribution in [3.63, 3.8) is 0 Å². The van der Waals surface area contributed by atoms with Gasteiger partial charge in [0.2, 0.25) is 0 Å². The molecule has 2 aromatic carbocycles. The van der Waals surface area contributed by atoms with Crippen molar-refractivity contribution >= 4 is 70.4 Å². The molecule has 0 amide bonds. The van der Waals surface area contributed by atoms with E-state index in [1.165, 1.54) is 0 Å². The van der Waals surface area contributed by atoms with Gasteiger partial charge in [-0.2, -0.15) is 0 Å². The Morgan fingerprint density at radius 2 is 1.68 bits per heavy atom. The highest BCUT2D eigenvalue weighted by Crippen LogP contribution is 2.35. The first-order chi connectivity index (χ1) is 8.90. The lowest BCUT2D eigenvalue weighted by Gasteiger charge is -2.16. The van der Waals surface area contributed by atoms with Gasteiger partial charge >= 0.3 is 0 Å². The summed E-state index contributed by atoms with van der Waals surface area (Å²) in [6.07, 6.45) is -0.657. The Balaban J connectivity index is 2.52. The highest BCUT2D eigenvalue weighted by atomic mass is 127. The molecule has 2 rings (SSSR count). The predicted octanol–water partition coefficient (Wildman–Crippen LogP) is 5.97. The van der Waals surface area contributed by atoms with Crippen LogP contribution in [0.4, 0.5) is 0 Å². The van der Waals surface area contributed by atoms with Crippen molar-refractivity contribution in [2.45, 2.75) is 13.0 Å². The largest absolute Gasteiger partial charge is 0.384 e. The normalized spacial score (nSPS) is 12.5. The SMILES string of the molecule is Cc1cc(Br)c(C(O)c2cc(Br)ccc2I)cc1Br. The van der Waals surface area contributed by atoms with Gasteiger partial charge in [-0.05, 0) is 71.0 Å². The van der Waals surface area contributed by atoms with Gasteiger partial charge in [0.05, 0.1) is 0 Å². The van der Waals surface area contributed by atoms with Crippen LogP contribution in [-0.4, -0.2) is 5.11 Å². The van der Waals surface area contributed by atoms with Gasteiger partial charge in [-0.1, -0.05) is 47.8 Å². The molecule has 0 aliphatic carbocycles. The average molecular weight is 561 g/mol. The monoisotopic (exact) mass is 558 g/mol. The Labute approximate surface area is 151 Å². The molecule has 0 bridgehead atoms. The Hall–Kier alpha value is 0.570. The Kier molecular flexibility index (Phi) is 5.50. The Bertz CT molecular complexity index is 628. The molecule has 0 saturated heterocycles. The number of halogens is 4. The summed E-state index contributed by atoms with van der Waals surface area (Å²) in [5.41, 5.74) is 2.88. The second-order valence-electron chi connectivity index (χ2n) is 4.19. The van der Waals surface area contributed by atoms with Crippen LogP contribution in [-0.2, 0) is 0 Å². The molecule has 1 nitrogen and oxygen atoms in total. The molecule has 0 radical (unpaired) electrons. The van der Waals surface area contributed by atoms with E-state index in [1.54, 1.807) is 0 Å². The predicted molar refractivity (Wildman–Crippen MR) is 97.5 cm³/mol. The van der Waals surface area contributed by atoms with Gasteiger partial charge in [-0.3, -0.25) is 0 Å². The quantitative estimate of drug-likeness (QED) is 0.449. The van der Waals surface area contributed by atoms with Crippen LogP contribution in [0.5, 0.6) is 0 Å². The topological polar surface area (TPSA) is 20.2 Å². The lowest BCUT2D eigenvalue weighted by atomic mass is 10.0. The van der Waals surface area contributed by atoms with Gasteiger partial charge in [-0.25, -0.2) is 0 Å². The van der Waals surface area contributed by atoms with E-state index in [-0.39, 0.29) is 0 Å². The summed E-state index contributed by atoms with van der Waals surface area (Å²) in [4.78, 5) is 0. The molecule has 0 heterocycles. The van der Waals surface area contributed by atoms with Gasteiger partial charge < -0.3 is 5.11 Å². The number of rotatable bonds is 2. The fraction of sp³-hybridized carbons (Fsp3) is 0.143. The minimum absolute atomic E-state index is 0.657. The first-order valence-electron chi connectivity index (χ1n) is 5.48. The maximum Gasteiger partial charge on any atom is 0.106 e. The molecule has 2 aromatic rings. The number of aryl methyl sites for hydroxylation is 1. The maximum atomic E-state index is 10.6. The summed E-state index contributed by atoms with van der Waals surface area (Å²) >= 11 is 12.7. The Morgan fingerprint density at radius 3 is 2.37 bits per heavy atom. The molecular formula is C14H10Br3IO. The van der Waals surface area contributed by atoms with Crippen molar-refractivity contribution in [3.05, 3.63) is 64.0 Å². The van der Waals surface area contributed by atoms with Crippen LogP contribution < -0.4 is 0 Å². The summed E-state index contributed by atoms with van der Waals surface area (Å²) in [5, 5.41) is 10.6. The van der Waals surface area contributed by atoms with Gasteiger partial charge in [-0.15, -0.1) is 0 Å². The van der Waals surface area contributed by atoms with Gasteiger partial charge in [0.15, 0.2) is 0 Å². The zero-order chi connectivity index (χ0) is 14.2. The molecule has 1 N–H and O–H groups in total. The van der Waals surface area contributed by atoms with E-state index in [9.17, 15) is 5.11 Å². The van der Waals surface area contributed by atoms with Crippen molar-refractivity contribution < 1.29 is 5.11 Å². The highest BCUT2D eigenvalue weighted by molar-refractivity contribution is 14.1. The molecule has 0 saturated carbocycles. The summed E-state index contributed by atoms with van der Waals surface area (Å²) in [6.45, 7) is 2.02. The van der Waals surface area contributed by atoms with Crippen LogP contribution in [0.3, 0.4) is 0 Å². The molecule has 0 spiro atoms. The van der Waals surface area contributed by atoms with E-state index in [1.807, 2.05) is 37.3 Å². The van der Waals surface area contributed by atoms with Gasteiger partial charge in [0.1, 0.15) is 6.10 Å². The lowest BCUT2D eigenvalue weighted by molar-refractivity contribution is 0.218. The minimum atomic E-state index is -0.657. The number of benzene rings is 2. The smallest absolute Gasteiger partial charge is 0.106 e. The molecule has 0 aromatic heterocycles. The highest BCUT2D eigenvalue weighted by Gasteiger charge is 2.18. The fourth-order valence-electron chi connectivity index (χ4n) is 1.76. The zero-order valence-electron chi connectivity index (χ0n) is 9.92. The van der Waals surface area contributed by atoms with Crippen LogP contribution in [0.1, 0.15) is 22.8 Å². The third kappa shape index (κ3) is 3.61. The van der Waals surface area contributed by atoms with Gasteiger partial charge in [0.25, 0.3) is 0 Å². The molecule has 0 aliphatic heterocycles. The van der Waals surface area contributed by atoms with E-state index < -0.39 is 6.10 Å². The zero-order valence-corrected chi connectivity index (χ0v) is 16.8. The van der Waals surface area contributed by atoms with E-state index in [4.69, 9.17) is 0 Å². The van der Waals surface area contributed by atoms with Crippen LogP contribution in [0, 0.1) is 10.5 Å². The van der Waals surface area contributed by atoms with Crippen LogP contribution in [0.25, 0.3) is 0 Å². The van der Waals surface area contributed by atoms with E-state index in [2.05, 4.69) is 70.4 Å². The van der Waals surface area contributed by atoms with E-state index in [0.29, 0.717) is 0 Å². The second-order valence-corrected chi connectivity index (χ2v) is 7.98. The lowest BCUT2D eigenvalue weighted by Crippen LogP contribution is -2.03. The number of aliphatic hydroxyl groups is 1. The standard InChI is InChI=1S/C14H10Br3IO/c1-7-4-12(17)9(6-11(7)16)14(19)10-5-8(15)2-3-13(10)18/h2-6,14,19H,1H3. The van der Waals surface area contributed by atoms with Crippen molar-refractivity contribution in [1.82, 2.24) is 0 Å². The molecule has 5 heteroatoms. The first kappa shape index (κ1) is 15.9. The number of aliphatic hydroxyl groups excluding tert-OH is 1. The second kappa shape index (κ2) is 6.56. The number of hydrogen-bond acceptors (Lipinski definition) is 1. The van der Waals surface area contributed by atoms with Crippen molar-refractivity contribution in [2.24, 2.45) is 0 Å². The van der Waals surface area contributed by atoms with Crippen LogP contribution in [0.15, 0.2) is 43.7 Å². The average Bonchev–Trinajstić information content (AvgIpc) is 2.36. The molecule has 0 aliphatic rings. The van der Waals surface area contributed by atoms with Crippen LogP contribution >= 0.6 is 70.4 Å². The summed E-state index contributed by atoms with van der Waals surface area (Å²) < 4.78 is 3.91. The summed E-state index contributed by atoms with van der Waals surface area (Å²) in [5.74, 6) is 0. The first-order valence-corrected chi connectivity index (χ1v) is 8.94. The van der Waals surface area contributed by atoms with Crippen molar-refractivity contribution in [2.75, 3.05) is 0 Å². The fourth-order valence-corrected chi connectivity index (χ4v) is 3.81. The van der Waals surface area contributed by atoms with E-state index in [0.717, 1.165) is 33.7 Å². The minimum Gasteiger partial charge on any atom is -0.384 e. The molecule has 1 unspecified atom stereocenters. The third-order valence-electron chi connectivity index (χ3n) is 2.83. The third-order valence-corrected chi connectivity index (χ3v) is 5.84. The van der Waals surface area contributed by atoms with E-state index >= 15 is 0 Å². The van der Waals surface area contributed by atoms with Crippen molar-refractivity contribution in [1.29, 1.82) is 0 Å². The summed E-state index contributed by atoms with van der Waals surface area (Å²) in [7, 11) is 0. The van der Waals surface area contributed by atoms with Crippen LogP contribution in [0.2, 0.25) is 0 Å². The molecule has 0 fully saturated rings. The summed E-state index contributed by atoms with van der Waals surface area (Å²) in [6, 6.07) is 9.87.